The highest BCUT2D eigenvalue weighted by molar-refractivity contribution is 7.89. The Balaban J connectivity index is 1.78. The number of nitrogens with one attached hydrogen (secondary N) is 2. The van der Waals surface area contributed by atoms with Gasteiger partial charge >= 0.3 is 0 Å². The lowest BCUT2D eigenvalue weighted by molar-refractivity contribution is -0.119. The molecule has 1 aliphatic rings. The van der Waals surface area contributed by atoms with Crippen molar-refractivity contribution in [1.82, 2.24) is 14.9 Å². The summed E-state index contributed by atoms with van der Waals surface area (Å²) in [6, 6.07) is 3.69. The van der Waals surface area contributed by atoms with Crippen LogP contribution in [0.1, 0.15) is 37.8 Å². The molecule has 162 valence electrons. The van der Waals surface area contributed by atoms with Crippen LogP contribution in [0.25, 0.3) is 0 Å². The molecule has 0 bridgehead atoms. The Bertz CT molecular complexity index is 818. The summed E-state index contributed by atoms with van der Waals surface area (Å²) < 4.78 is 46.2. The first kappa shape index (κ1) is 23.3. The van der Waals surface area contributed by atoms with Gasteiger partial charge in [0.1, 0.15) is 6.61 Å². The van der Waals surface area contributed by atoms with Gasteiger partial charge in [0.05, 0.1) is 12.3 Å². The van der Waals surface area contributed by atoms with Crippen LogP contribution in [0.15, 0.2) is 30.9 Å². The van der Waals surface area contributed by atoms with E-state index in [1.807, 2.05) is 0 Å². The summed E-state index contributed by atoms with van der Waals surface area (Å²) in [5.74, 6) is -0.744. The van der Waals surface area contributed by atoms with Gasteiger partial charge in [0.15, 0.2) is 17.9 Å². The highest BCUT2D eigenvalue weighted by Gasteiger charge is 2.26. The van der Waals surface area contributed by atoms with Crippen molar-refractivity contribution >= 4 is 15.9 Å². The molecule has 8 nitrogen and oxygen atoms in total. The summed E-state index contributed by atoms with van der Waals surface area (Å²) >= 11 is 0. The van der Waals surface area contributed by atoms with Gasteiger partial charge in [-0.05, 0) is 37.5 Å². The second-order valence-electron chi connectivity index (χ2n) is 6.92. The largest absolute Gasteiger partial charge is 0.486 e. The van der Waals surface area contributed by atoms with Crippen molar-refractivity contribution in [3.05, 3.63) is 42.2 Å². The molecule has 2 rings (SSSR count). The molecule has 0 radical (unpaired) electrons. The molecule has 1 fully saturated rings. The first-order valence-electron chi connectivity index (χ1n) is 9.46. The van der Waals surface area contributed by atoms with Crippen molar-refractivity contribution < 1.29 is 27.4 Å². The Labute approximate surface area is 170 Å². The molecule has 0 saturated carbocycles. The molecule has 1 aromatic rings. The van der Waals surface area contributed by atoms with Crippen LogP contribution >= 0.6 is 0 Å². The first-order chi connectivity index (χ1) is 13.7. The quantitative estimate of drug-likeness (QED) is 0.341. The Morgan fingerprint density at radius 2 is 2.21 bits per heavy atom. The van der Waals surface area contributed by atoms with Crippen LogP contribution in [-0.4, -0.2) is 56.1 Å². The molecule has 0 aliphatic carbocycles. The fourth-order valence-electron chi connectivity index (χ4n) is 2.98. The molecule has 2 atom stereocenters. The van der Waals surface area contributed by atoms with Crippen molar-refractivity contribution in [2.24, 2.45) is 0 Å². The number of carbonyl (C=O) groups excluding carboxylic acids is 1. The fraction of sp³-hybridized carbons (Fsp3) is 0.526. The number of aliphatic hydroxyl groups is 1. The molecule has 3 N–H and O–H groups in total. The lowest BCUT2D eigenvalue weighted by Crippen LogP contribution is -2.36. The number of rotatable bonds is 12. The minimum absolute atomic E-state index is 0.0436. The molecule has 1 unspecified atom stereocenters. The van der Waals surface area contributed by atoms with Gasteiger partial charge in [-0.15, -0.1) is 0 Å². The van der Waals surface area contributed by atoms with E-state index in [2.05, 4.69) is 16.6 Å². The number of hydrogen-bond acceptors (Lipinski definition) is 6. The molecule has 1 aliphatic heterocycles. The van der Waals surface area contributed by atoms with E-state index in [1.54, 1.807) is 11.8 Å². The zero-order valence-electron chi connectivity index (χ0n) is 16.4. The summed E-state index contributed by atoms with van der Waals surface area (Å²) in [5.41, 5.74) is 0.592. The average Bonchev–Trinajstić information content (AvgIpc) is 2.97. The zero-order valence-corrected chi connectivity index (χ0v) is 17.3. The van der Waals surface area contributed by atoms with E-state index in [0.717, 1.165) is 0 Å². The van der Waals surface area contributed by atoms with Crippen molar-refractivity contribution in [3.63, 3.8) is 0 Å². The number of nitrogens with zero attached hydrogens (tertiary/aromatic N) is 1. The first-order valence-corrected chi connectivity index (χ1v) is 11.1. The molecule has 1 heterocycles. The van der Waals surface area contributed by atoms with E-state index in [1.165, 1.54) is 24.3 Å². The minimum Gasteiger partial charge on any atom is -0.486 e. The van der Waals surface area contributed by atoms with E-state index >= 15 is 0 Å². The number of sulfonamides is 1. The number of halogens is 1. The van der Waals surface area contributed by atoms with Crippen molar-refractivity contribution in [2.45, 2.75) is 38.6 Å². The number of aliphatic hydroxyl groups excluding tert-OH is 1. The van der Waals surface area contributed by atoms with E-state index in [0.29, 0.717) is 31.4 Å². The number of ether oxygens (including phenoxy) is 1. The normalized spacial score (nSPS) is 18.4. The van der Waals surface area contributed by atoms with Crippen LogP contribution in [-0.2, 0) is 14.8 Å². The highest BCUT2D eigenvalue weighted by atomic mass is 32.2. The van der Waals surface area contributed by atoms with Gasteiger partial charge in [-0.2, -0.15) is 0 Å². The van der Waals surface area contributed by atoms with E-state index in [9.17, 15) is 22.7 Å². The van der Waals surface area contributed by atoms with Crippen molar-refractivity contribution in [2.75, 3.05) is 25.4 Å². The maximum atomic E-state index is 13.8. The van der Waals surface area contributed by atoms with Gasteiger partial charge in [0.2, 0.25) is 15.9 Å². The SMILES string of the molecule is C=CCOc1cc([C@H](C)NS(=O)(=O)CCCCCN2CC(=O)NC2O)ccc1F. The molecule has 10 heteroatoms. The Kier molecular flexibility index (Phi) is 8.57. The van der Waals surface area contributed by atoms with Gasteiger partial charge in [0.25, 0.3) is 0 Å². The van der Waals surface area contributed by atoms with Crippen molar-refractivity contribution in [3.8, 4) is 5.75 Å². The molecule has 1 amide bonds. The van der Waals surface area contributed by atoms with Crippen LogP contribution in [0.5, 0.6) is 5.75 Å². The van der Waals surface area contributed by atoms with Gasteiger partial charge < -0.3 is 15.2 Å². The third kappa shape index (κ3) is 7.39. The van der Waals surface area contributed by atoms with Crippen LogP contribution in [0.4, 0.5) is 4.39 Å². The molecular formula is C19H28FN3O5S. The monoisotopic (exact) mass is 429 g/mol. The smallest absolute Gasteiger partial charge is 0.237 e. The second-order valence-corrected chi connectivity index (χ2v) is 8.79. The molecule has 0 spiro atoms. The fourth-order valence-corrected chi connectivity index (χ4v) is 4.36. The van der Waals surface area contributed by atoms with Gasteiger partial charge in [-0.1, -0.05) is 25.1 Å². The Morgan fingerprint density at radius 3 is 2.86 bits per heavy atom. The topological polar surface area (TPSA) is 108 Å². The maximum Gasteiger partial charge on any atom is 0.237 e. The summed E-state index contributed by atoms with van der Waals surface area (Å²) in [7, 11) is -3.52. The lowest BCUT2D eigenvalue weighted by Gasteiger charge is -2.18. The number of hydrogen-bond donors (Lipinski definition) is 3. The molecule has 0 aromatic heterocycles. The minimum atomic E-state index is -3.52. The predicted molar refractivity (Wildman–Crippen MR) is 107 cm³/mol. The summed E-state index contributed by atoms with van der Waals surface area (Å²) in [5, 5.41) is 12.0. The maximum absolute atomic E-state index is 13.8. The third-order valence-electron chi connectivity index (χ3n) is 4.51. The lowest BCUT2D eigenvalue weighted by atomic mass is 10.1. The van der Waals surface area contributed by atoms with Crippen LogP contribution in [0.3, 0.4) is 0 Å². The van der Waals surface area contributed by atoms with Crippen molar-refractivity contribution in [1.29, 1.82) is 0 Å². The summed E-state index contributed by atoms with van der Waals surface area (Å²) in [4.78, 5) is 12.8. The molecular weight excluding hydrogens is 401 g/mol. The number of amides is 1. The average molecular weight is 430 g/mol. The second kappa shape index (κ2) is 10.7. The zero-order chi connectivity index (χ0) is 21.4. The predicted octanol–water partition coefficient (Wildman–Crippen LogP) is 1.25. The Morgan fingerprint density at radius 1 is 1.45 bits per heavy atom. The van der Waals surface area contributed by atoms with Crippen LogP contribution in [0, 0.1) is 5.82 Å². The molecule has 1 aromatic carbocycles. The number of benzene rings is 1. The van der Waals surface area contributed by atoms with E-state index < -0.39 is 28.2 Å². The van der Waals surface area contributed by atoms with E-state index in [4.69, 9.17) is 4.74 Å². The van der Waals surface area contributed by atoms with Crippen LogP contribution < -0.4 is 14.8 Å². The molecule has 1 saturated heterocycles. The van der Waals surface area contributed by atoms with Crippen LogP contribution in [0.2, 0.25) is 0 Å². The number of carbonyl (C=O) groups is 1. The third-order valence-corrected chi connectivity index (χ3v) is 6.05. The van der Waals surface area contributed by atoms with Gasteiger partial charge in [-0.3, -0.25) is 9.69 Å². The van der Waals surface area contributed by atoms with Gasteiger partial charge in [-0.25, -0.2) is 17.5 Å². The molecule has 29 heavy (non-hydrogen) atoms. The Hall–Kier alpha value is -2.01. The number of unbranched alkanes of at least 4 members (excludes halogenated alkanes) is 2. The van der Waals surface area contributed by atoms with Gasteiger partial charge in [0, 0.05) is 12.6 Å². The summed E-state index contributed by atoms with van der Waals surface area (Å²) in [6.07, 6.45) is 2.29. The van der Waals surface area contributed by atoms with E-state index in [-0.39, 0.29) is 30.6 Å². The highest BCUT2D eigenvalue weighted by Crippen LogP contribution is 2.23. The standard InChI is InChI=1S/C19H28FN3O5S/c1-3-10-28-17-12-15(7-8-16(17)20)14(2)22-29(26,27)11-6-4-5-9-23-13-18(24)21-19(23)25/h3,7-8,12,14,19,22,25H,1,4-6,9-11,13H2,2H3,(H,21,24)/t14-,19?/m0/s1. The summed E-state index contributed by atoms with van der Waals surface area (Å²) in [6.45, 7) is 6.00.